The summed E-state index contributed by atoms with van der Waals surface area (Å²) in [6.45, 7) is 4.18. The van der Waals surface area contributed by atoms with Crippen LogP contribution in [0.5, 0.6) is 5.75 Å². The monoisotopic (exact) mass is 432 g/mol. The van der Waals surface area contributed by atoms with E-state index in [0.29, 0.717) is 12.3 Å². The number of nitrogen functional groups attached to an aromatic ring is 1. The van der Waals surface area contributed by atoms with Gasteiger partial charge in [-0.15, -0.1) is 5.10 Å². The standard InChI is InChI=1S/C18H21BrN6O2/c1-10-14(11(2)25-18(21-10)22-17(20)23-25)8-16(26)24(3)9-12-7-13(19)5-6-15(12)27-4/h5-7H,8-9H2,1-4H3,(H2,20,23). The molecule has 0 aliphatic heterocycles. The van der Waals surface area contributed by atoms with Gasteiger partial charge in [-0.05, 0) is 32.0 Å². The van der Waals surface area contributed by atoms with Crippen LogP contribution < -0.4 is 10.5 Å². The van der Waals surface area contributed by atoms with Crippen LogP contribution in [0.25, 0.3) is 5.78 Å². The van der Waals surface area contributed by atoms with Crippen LogP contribution >= 0.6 is 15.9 Å². The number of nitrogens with zero attached hydrogens (tertiary/aromatic N) is 5. The van der Waals surface area contributed by atoms with Crippen LogP contribution in [0.3, 0.4) is 0 Å². The highest BCUT2D eigenvalue weighted by Crippen LogP contribution is 2.24. The second-order valence-electron chi connectivity index (χ2n) is 6.33. The van der Waals surface area contributed by atoms with E-state index in [2.05, 4.69) is 31.0 Å². The number of benzene rings is 1. The molecule has 8 nitrogen and oxygen atoms in total. The third kappa shape index (κ3) is 3.87. The van der Waals surface area contributed by atoms with Crippen molar-refractivity contribution in [2.75, 3.05) is 19.9 Å². The Balaban J connectivity index is 1.83. The van der Waals surface area contributed by atoms with Crippen molar-refractivity contribution >= 4 is 33.6 Å². The summed E-state index contributed by atoms with van der Waals surface area (Å²) in [7, 11) is 3.39. The van der Waals surface area contributed by atoms with Gasteiger partial charge in [-0.2, -0.15) is 9.50 Å². The van der Waals surface area contributed by atoms with E-state index in [0.717, 1.165) is 32.7 Å². The Morgan fingerprint density at radius 2 is 2.07 bits per heavy atom. The molecule has 0 aliphatic carbocycles. The van der Waals surface area contributed by atoms with Crippen molar-refractivity contribution < 1.29 is 9.53 Å². The zero-order valence-electron chi connectivity index (χ0n) is 15.7. The van der Waals surface area contributed by atoms with Crippen molar-refractivity contribution in [3.8, 4) is 5.75 Å². The largest absolute Gasteiger partial charge is 0.496 e. The lowest BCUT2D eigenvalue weighted by molar-refractivity contribution is -0.129. The summed E-state index contributed by atoms with van der Waals surface area (Å²) in [5.74, 6) is 1.31. The molecule has 9 heteroatoms. The number of likely N-dealkylation sites (N-methyl/N-ethyl adjacent to an activating group) is 1. The molecule has 0 spiro atoms. The second kappa shape index (κ2) is 7.51. The third-order valence-corrected chi connectivity index (χ3v) is 4.96. The van der Waals surface area contributed by atoms with E-state index in [1.807, 2.05) is 32.0 Å². The molecule has 0 fully saturated rings. The van der Waals surface area contributed by atoms with Crippen molar-refractivity contribution in [3.05, 3.63) is 45.2 Å². The smallest absolute Gasteiger partial charge is 0.254 e. The maximum atomic E-state index is 12.8. The van der Waals surface area contributed by atoms with Gasteiger partial charge in [0.05, 0.1) is 13.5 Å². The average molecular weight is 433 g/mol. The van der Waals surface area contributed by atoms with E-state index in [-0.39, 0.29) is 18.3 Å². The number of hydrogen-bond acceptors (Lipinski definition) is 6. The predicted octanol–water partition coefficient (Wildman–Crippen LogP) is 2.30. The first kappa shape index (κ1) is 19.1. The number of hydrogen-bond donors (Lipinski definition) is 1. The molecule has 3 aromatic rings. The van der Waals surface area contributed by atoms with Crippen LogP contribution in [0, 0.1) is 13.8 Å². The first-order valence-electron chi connectivity index (χ1n) is 8.35. The molecular weight excluding hydrogens is 412 g/mol. The summed E-state index contributed by atoms with van der Waals surface area (Å²) in [4.78, 5) is 23.0. The number of carbonyl (C=O) groups excluding carboxylic acids is 1. The zero-order chi connectivity index (χ0) is 19.7. The molecule has 0 bridgehead atoms. The van der Waals surface area contributed by atoms with Gasteiger partial charge >= 0.3 is 0 Å². The van der Waals surface area contributed by atoms with E-state index >= 15 is 0 Å². The number of anilines is 1. The van der Waals surface area contributed by atoms with Gasteiger partial charge in [-0.1, -0.05) is 15.9 Å². The van der Waals surface area contributed by atoms with Crippen molar-refractivity contribution in [3.63, 3.8) is 0 Å². The van der Waals surface area contributed by atoms with E-state index in [1.54, 1.807) is 23.6 Å². The minimum absolute atomic E-state index is 0.0301. The fourth-order valence-corrected chi connectivity index (χ4v) is 3.39. The van der Waals surface area contributed by atoms with Crippen molar-refractivity contribution in [1.82, 2.24) is 24.5 Å². The maximum Gasteiger partial charge on any atom is 0.254 e. The van der Waals surface area contributed by atoms with Crippen LogP contribution in [0.4, 0.5) is 5.95 Å². The number of ether oxygens (including phenoxy) is 1. The number of aryl methyl sites for hydroxylation is 2. The van der Waals surface area contributed by atoms with Gasteiger partial charge < -0.3 is 15.4 Å². The molecule has 0 atom stereocenters. The van der Waals surface area contributed by atoms with Crippen LogP contribution in [0.15, 0.2) is 22.7 Å². The number of halogens is 1. The van der Waals surface area contributed by atoms with Gasteiger partial charge in [-0.3, -0.25) is 4.79 Å². The highest BCUT2D eigenvalue weighted by molar-refractivity contribution is 9.10. The second-order valence-corrected chi connectivity index (χ2v) is 7.24. The van der Waals surface area contributed by atoms with Crippen molar-refractivity contribution in [2.24, 2.45) is 0 Å². The fraction of sp³-hybridized carbons (Fsp3) is 0.333. The van der Waals surface area contributed by atoms with Crippen LogP contribution in [0.1, 0.15) is 22.5 Å². The first-order valence-corrected chi connectivity index (χ1v) is 9.14. The third-order valence-electron chi connectivity index (χ3n) is 4.47. The van der Waals surface area contributed by atoms with Gasteiger partial charge in [0.1, 0.15) is 5.75 Å². The Morgan fingerprint density at radius 3 is 2.78 bits per heavy atom. The van der Waals surface area contributed by atoms with Gasteiger partial charge in [0, 0.05) is 40.6 Å². The topological polar surface area (TPSA) is 98.6 Å². The molecule has 2 aromatic heterocycles. The quantitative estimate of drug-likeness (QED) is 0.663. The molecule has 1 aromatic carbocycles. The minimum Gasteiger partial charge on any atom is -0.496 e. The molecule has 0 aliphatic rings. The van der Waals surface area contributed by atoms with Gasteiger partial charge in [0.2, 0.25) is 11.9 Å². The molecular formula is C18H21BrN6O2. The Bertz CT molecular complexity index is 1020. The summed E-state index contributed by atoms with van der Waals surface area (Å²) in [6.07, 6.45) is 0.215. The van der Waals surface area contributed by atoms with Crippen LogP contribution in [-0.2, 0) is 17.8 Å². The summed E-state index contributed by atoms with van der Waals surface area (Å²) in [5, 5.41) is 4.14. The molecule has 0 saturated carbocycles. The number of carbonyl (C=O) groups is 1. The summed E-state index contributed by atoms with van der Waals surface area (Å²) in [6, 6.07) is 5.73. The van der Waals surface area contributed by atoms with Crippen molar-refractivity contribution in [1.29, 1.82) is 0 Å². The Kier molecular flexibility index (Phi) is 5.31. The van der Waals surface area contributed by atoms with Gasteiger partial charge in [0.25, 0.3) is 5.78 Å². The number of nitrogens with two attached hydrogens (primary N) is 1. The molecule has 0 radical (unpaired) electrons. The number of rotatable bonds is 5. The molecule has 0 saturated heterocycles. The Hall–Kier alpha value is -2.68. The van der Waals surface area contributed by atoms with E-state index in [9.17, 15) is 4.79 Å². The van der Waals surface area contributed by atoms with E-state index in [1.165, 1.54) is 0 Å². The SMILES string of the molecule is COc1ccc(Br)cc1CN(C)C(=O)Cc1c(C)nc2nc(N)nn2c1C. The number of aromatic nitrogens is 4. The Morgan fingerprint density at radius 1 is 1.33 bits per heavy atom. The van der Waals surface area contributed by atoms with Gasteiger partial charge in [0.15, 0.2) is 0 Å². The molecule has 0 unspecified atom stereocenters. The Labute approximate surface area is 165 Å². The highest BCUT2D eigenvalue weighted by atomic mass is 79.9. The first-order chi connectivity index (χ1) is 12.8. The molecule has 2 heterocycles. The predicted molar refractivity (Wildman–Crippen MR) is 106 cm³/mol. The lowest BCUT2D eigenvalue weighted by Gasteiger charge is -2.20. The fourth-order valence-electron chi connectivity index (χ4n) is 2.98. The minimum atomic E-state index is -0.0301. The normalized spacial score (nSPS) is 11.0. The molecule has 27 heavy (non-hydrogen) atoms. The van der Waals surface area contributed by atoms with E-state index < -0.39 is 0 Å². The molecule has 2 N–H and O–H groups in total. The zero-order valence-corrected chi connectivity index (χ0v) is 17.2. The summed E-state index contributed by atoms with van der Waals surface area (Å²) < 4.78 is 7.90. The molecule has 142 valence electrons. The summed E-state index contributed by atoms with van der Waals surface area (Å²) >= 11 is 3.46. The average Bonchev–Trinajstić information content (AvgIpc) is 2.99. The molecule has 3 rings (SSSR count). The van der Waals surface area contributed by atoms with Crippen LogP contribution in [-0.4, -0.2) is 44.5 Å². The lowest BCUT2D eigenvalue weighted by Crippen LogP contribution is -2.28. The lowest BCUT2D eigenvalue weighted by atomic mass is 10.1. The molecule has 1 amide bonds. The maximum absolute atomic E-state index is 12.8. The highest BCUT2D eigenvalue weighted by Gasteiger charge is 2.18. The number of amides is 1. The summed E-state index contributed by atoms with van der Waals surface area (Å²) in [5.41, 5.74) is 8.96. The van der Waals surface area contributed by atoms with Crippen molar-refractivity contribution in [2.45, 2.75) is 26.8 Å². The number of methoxy groups -OCH3 is 1. The number of fused-ring (bicyclic) bond motifs is 1. The van der Waals surface area contributed by atoms with Gasteiger partial charge in [-0.25, -0.2) is 4.98 Å². The van der Waals surface area contributed by atoms with Crippen LogP contribution in [0.2, 0.25) is 0 Å². The van der Waals surface area contributed by atoms with E-state index in [4.69, 9.17) is 10.5 Å².